The molecule has 1 aromatic carbocycles. The van der Waals surface area contributed by atoms with Gasteiger partial charge < -0.3 is 0 Å². The number of carbonyl (C=O) groups excluding carboxylic acids is 2. The van der Waals surface area contributed by atoms with Crippen LogP contribution in [-0.2, 0) is 9.59 Å². The number of carbonyl (C=O) groups is 2. The third-order valence-electron chi connectivity index (χ3n) is 2.88. The summed E-state index contributed by atoms with van der Waals surface area (Å²) in [5.41, 5.74) is 0.780. The smallest absolute Gasteiger partial charge is 0.268 e. The van der Waals surface area contributed by atoms with Crippen LogP contribution < -0.4 is 4.90 Å². The van der Waals surface area contributed by atoms with E-state index in [2.05, 4.69) is 15.9 Å². The predicted octanol–water partition coefficient (Wildman–Crippen LogP) is 4.03. The van der Waals surface area contributed by atoms with E-state index in [0.717, 1.165) is 9.37 Å². The molecule has 6 heteroatoms. The molecule has 0 aliphatic carbocycles. The van der Waals surface area contributed by atoms with Crippen LogP contribution in [0.5, 0.6) is 0 Å². The van der Waals surface area contributed by atoms with Gasteiger partial charge in [0.15, 0.2) is 0 Å². The Morgan fingerprint density at radius 1 is 1.05 bits per heavy atom. The van der Waals surface area contributed by atoms with Gasteiger partial charge in [-0.3, -0.25) is 9.59 Å². The SMILES string of the molecule is O=C1C(Cl)=C(c2cccs2)C(=O)N1c1ccc(Br)cc1. The highest BCUT2D eigenvalue weighted by molar-refractivity contribution is 9.10. The molecule has 0 spiro atoms. The van der Waals surface area contributed by atoms with Gasteiger partial charge in [0.05, 0.1) is 11.3 Å². The Kier molecular flexibility index (Phi) is 3.50. The molecule has 0 atom stereocenters. The first-order valence-electron chi connectivity index (χ1n) is 5.67. The summed E-state index contributed by atoms with van der Waals surface area (Å²) in [6.45, 7) is 0. The Bertz CT molecular complexity index is 722. The van der Waals surface area contributed by atoms with Crippen molar-refractivity contribution < 1.29 is 9.59 Å². The van der Waals surface area contributed by atoms with Crippen LogP contribution in [0.25, 0.3) is 5.57 Å². The van der Waals surface area contributed by atoms with Crippen LogP contribution in [0.15, 0.2) is 51.3 Å². The van der Waals surface area contributed by atoms with Gasteiger partial charge >= 0.3 is 0 Å². The van der Waals surface area contributed by atoms with E-state index >= 15 is 0 Å². The van der Waals surface area contributed by atoms with Gasteiger partial charge in [-0.2, -0.15) is 0 Å². The van der Waals surface area contributed by atoms with E-state index in [0.29, 0.717) is 10.6 Å². The van der Waals surface area contributed by atoms with E-state index in [1.165, 1.54) is 11.3 Å². The van der Waals surface area contributed by atoms with E-state index in [4.69, 9.17) is 11.6 Å². The first-order chi connectivity index (χ1) is 9.59. The Hall–Kier alpha value is -1.43. The van der Waals surface area contributed by atoms with E-state index in [-0.39, 0.29) is 16.5 Å². The van der Waals surface area contributed by atoms with E-state index < -0.39 is 5.91 Å². The highest BCUT2D eigenvalue weighted by Gasteiger charge is 2.39. The summed E-state index contributed by atoms with van der Waals surface area (Å²) in [5, 5.41) is 1.81. The molecule has 2 heterocycles. The predicted molar refractivity (Wildman–Crippen MR) is 83.7 cm³/mol. The molecule has 3 nitrogen and oxygen atoms in total. The van der Waals surface area contributed by atoms with Crippen molar-refractivity contribution in [3.8, 4) is 0 Å². The van der Waals surface area contributed by atoms with Crippen LogP contribution in [0.3, 0.4) is 0 Å². The quantitative estimate of drug-likeness (QED) is 0.750. The molecule has 100 valence electrons. The van der Waals surface area contributed by atoms with Crippen molar-refractivity contribution in [2.75, 3.05) is 4.90 Å². The van der Waals surface area contributed by atoms with Gasteiger partial charge in [0.25, 0.3) is 11.8 Å². The van der Waals surface area contributed by atoms with Crippen LogP contribution in [0, 0.1) is 0 Å². The van der Waals surface area contributed by atoms with E-state index in [1.54, 1.807) is 30.3 Å². The molecule has 0 unspecified atom stereocenters. The maximum atomic E-state index is 12.5. The summed E-state index contributed by atoms with van der Waals surface area (Å²) in [6, 6.07) is 10.5. The molecule has 20 heavy (non-hydrogen) atoms. The van der Waals surface area contributed by atoms with E-state index in [9.17, 15) is 9.59 Å². The molecule has 0 fully saturated rings. The van der Waals surface area contributed by atoms with Crippen LogP contribution in [0.4, 0.5) is 5.69 Å². The van der Waals surface area contributed by atoms with Crippen molar-refractivity contribution in [3.05, 3.63) is 56.2 Å². The number of halogens is 2. The molecule has 0 N–H and O–H groups in total. The van der Waals surface area contributed by atoms with Gasteiger partial charge in [-0.25, -0.2) is 4.90 Å². The topological polar surface area (TPSA) is 37.4 Å². The Labute approximate surface area is 132 Å². The average molecular weight is 369 g/mol. The highest BCUT2D eigenvalue weighted by Crippen LogP contribution is 2.36. The van der Waals surface area contributed by atoms with Crippen molar-refractivity contribution in [1.82, 2.24) is 0 Å². The van der Waals surface area contributed by atoms with Crippen molar-refractivity contribution in [3.63, 3.8) is 0 Å². The minimum atomic E-state index is -0.484. The maximum Gasteiger partial charge on any atom is 0.277 e. The fourth-order valence-electron chi connectivity index (χ4n) is 1.96. The fourth-order valence-corrected chi connectivity index (χ4v) is 3.32. The summed E-state index contributed by atoms with van der Waals surface area (Å²) in [6.07, 6.45) is 0. The van der Waals surface area contributed by atoms with Gasteiger partial charge in [0, 0.05) is 9.35 Å². The first kappa shape index (κ1) is 13.5. The number of benzene rings is 1. The van der Waals surface area contributed by atoms with E-state index in [1.807, 2.05) is 11.4 Å². The number of thiophene rings is 1. The first-order valence-corrected chi connectivity index (χ1v) is 7.72. The van der Waals surface area contributed by atoms with Crippen LogP contribution >= 0.6 is 38.9 Å². The molecule has 2 aromatic rings. The molecule has 0 saturated heterocycles. The number of hydrogen-bond donors (Lipinski definition) is 0. The molecule has 1 aliphatic rings. The third kappa shape index (κ3) is 2.12. The van der Waals surface area contributed by atoms with Crippen molar-refractivity contribution in [2.24, 2.45) is 0 Å². The molecule has 2 amide bonds. The summed E-state index contributed by atoms with van der Waals surface area (Å²) < 4.78 is 0.873. The summed E-state index contributed by atoms with van der Waals surface area (Å²) in [5.74, 6) is -0.868. The minimum absolute atomic E-state index is 0.0274. The second-order valence-corrected chi connectivity index (χ2v) is 6.33. The molecule has 0 saturated carbocycles. The second-order valence-electron chi connectivity index (χ2n) is 4.09. The fraction of sp³-hybridized carbons (Fsp3) is 0. The monoisotopic (exact) mass is 367 g/mol. The summed E-state index contributed by atoms with van der Waals surface area (Å²) >= 11 is 10.8. The Balaban J connectivity index is 2.04. The van der Waals surface area contributed by atoms with Gasteiger partial charge in [-0.05, 0) is 35.7 Å². The lowest BCUT2D eigenvalue weighted by molar-refractivity contribution is -0.119. The molecule has 1 aromatic heterocycles. The maximum absolute atomic E-state index is 12.5. The average Bonchev–Trinajstić information content (AvgIpc) is 3.01. The molecular formula is C14H7BrClNO2S. The van der Waals surface area contributed by atoms with Crippen LogP contribution in [0.2, 0.25) is 0 Å². The number of imide groups is 1. The van der Waals surface area contributed by atoms with Crippen molar-refractivity contribution in [2.45, 2.75) is 0 Å². The molecule has 1 aliphatic heterocycles. The lowest BCUT2D eigenvalue weighted by atomic mass is 10.2. The largest absolute Gasteiger partial charge is 0.277 e. The summed E-state index contributed by atoms with van der Waals surface area (Å²) in [7, 11) is 0. The molecule has 0 bridgehead atoms. The molecule has 3 rings (SSSR count). The number of nitrogens with zero attached hydrogens (tertiary/aromatic N) is 1. The zero-order valence-corrected chi connectivity index (χ0v) is 13.1. The Morgan fingerprint density at radius 3 is 2.35 bits per heavy atom. The Morgan fingerprint density at radius 2 is 1.75 bits per heavy atom. The van der Waals surface area contributed by atoms with Gasteiger partial charge in [-0.15, -0.1) is 11.3 Å². The van der Waals surface area contributed by atoms with Crippen LogP contribution in [0.1, 0.15) is 4.88 Å². The zero-order valence-electron chi connectivity index (χ0n) is 9.97. The molecule has 0 radical (unpaired) electrons. The number of hydrogen-bond acceptors (Lipinski definition) is 3. The molecular weight excluding hydrogens is 362 g/mol. The van der Waals surface area contributed by atoms with Crippen molar-refractivity contribution in [1.29, 1.82) is 0 Å². The van der Waals surface area contributed by atoms with Gasteiger partial charge in [0.2, 0.25) is 0 Å². The number of anilines is 1. The zero-order chi connectivity index (χ0) is 14.3. The standard InChI is InChI=1S/C14H7BrClNO2S/c15-8-3-5-9(6-4-8)17-13(18)11(12(16)14(17)19)10-2-1-7-20-10/h1-7H. The van der Waals surface area contributed by atoms with Crippen LogP contribution in [-0.4, -0.2) is 11.8 Å². The van der Waals surface area contributed by atoms with Gasteiger partial charge in [0.1, 0.15) is 5.03 Å². The van der Waals surface area contributed by atoms with Crippen molar-refractivity contribution >= 4 is 61.9 Å². The number of amides is 2. The summed E-state index contributed by atoms with van der Waals surface area (Å²) in [4.78, 5) is 26.5. The lowest BCUT2D eigenvalue weighted by Gasteiger charge is -2.14. The number of rotatable bonds is 2. The second kappa shape index (κ2) is 5.16. The third-order valence-corrected chi connectivity index (χ3v) is 4.65. The van der Waals surface area contributed by atoms with Gasteiger partial charge in [-0.1, -0.05) is 33.6 Å². The highest BCUT2D eigenvalue weighted by atomic mass is 79.9. The minimum Gasteiger partial charge on any atom is -0.268 e. The normalized spacial score (nSPS) is 15.4. The lowest BCUT2D eigenvalue weighted by Crippen LogP contribution is -2.30.